The van der Waals surface area contributed by atoms with Gasteiger partial charge >= 0.3 is 0 Å². The molecule has 0 saturated carbocycles. The largest absolute Gasteiger partial charge is 0.365 e. The second-order valence-corrected chi connectivity index (χ2v) is 6.85. The molecule has 1 aromatic rings. The molecular weight excluding hydrogens is 329 g/mol. The molecule has 1 aliphatic rings. The summed E-state index contributed by atoms with van der Waals surface area (Å²) < 4.78 is 23.4. The van der Waals surface area contributed by atoms with E-state index in [-0.39, 0.29) is 17.5 Å². The minimum atomic E-state index is -2.84. The van der Waals surface area contributed by atoms with Crippen molar-refractivity contribution in [3.8, 4) is 0 Å². The Bertz CT molecular complexity index is 463. The van der Waals surface area contributed by atoms with E-state index in [4.69, 9.17) is 0 Å². The summed E-state index contributed by atoms with van der Waals surface area (Å²) in [6.45, 7) is 0. The van der Waals surface area contributed by atoms with E-state index in [1.807, 2.05) is 0 Å². The normalized spacial score (nSPS) is 23.9. The number of hydrogen-bond donors (Lipinski definition) is 1. The molecule has 1 unspecified atom stereocenters. The third kappa shape index (κ3) is 2.77. The van der Waals surface area contributed by atoms with Crippen molar-refractivity contribution in [1.29, 1.82) is 0 Å². The number of anilines is 1. The van der Waals surface area contributed by atoms with Gasteiger partial charge in [-0.25, -0.2) is 18.4 Å². The van der Waals surface area contributed by atoms with Crippen LogP contribution in [0.15, 0.2) is 12.5 Å². The number of halogens is 1. The van der Waals surface area contributed by atoms with Crippen molar-refractivity contribution < 1.29 is 8.42 Å². The highest BCUT2D eigenvalue weighted by Gasteiger charge is 2.28. The Morgan fingerprint density at radius 2 is 2.33 bits per heavy atom. The van der Waals surface area contributed by atoms with Gasteiger partial charge < -0.3 is 5.32 Å². The smallest absolute Gasteiger partial charge is 0.152 e. The molecule has 1 fully saturated rings. The average Bonchev–Trinajstić information content (AvgIpc) is 2.50. The minimum absolute atomic E-state index is 0.0154. The molecule has 2 rings (SSSR count). The van der Waals surface area contributed by atoms with Gasteiger partial charge in [0.25, 0.3) is 0 Å². The van der Waals surface area contributed by atoms with Crippen LogP contribution in [0.2, 0.25) is 0 Å². The maximum Gasteiger partial charge on any atom is 0.152 e. The Balaban J connectivity index is 2.08. The first-order chi connectivity index (χ1) is 7.07. The van der Waals surface area contributed by atoms with Crippen LogP contribution in [0, 0.1) is 3.57 Å². The number of hydrogen-bond acceptors (Lipinski definition) is 5. The molecule has 1 aromatic heterocycles. The predicted octanol–water partition coefficient (Wildman–Crippen LogP) is 0.680. The topological polar surface area (TPSA) is 72.0 Å². The molecule has 0 aliphatic carbocycles. The molecule has 7 heteroatoms. The minimum Gasteiger partial charge on any atom is -0.365 e. The zero-order chi connectivity index (χ0) is 10.9. The fourth-order valence-corrected chi connectivity index (χ4v) is 3.65. The van der Waals surface area contributed by atoms with Crippen LogP contribution >= 0.6 is 22.6 Å². The molecule has 2 heterocycles. The lowest BCUT2D eigenvalue weighted by atomic mass is 10.2. The molecule has 0 radical (unpaired) electrons. The van der Waals surface area contributed by atoms with Crippen LogP contribution in [-0.2, 0) is 9.84 Å². The molecule has 0 amide bonds. The molecular formula is C8H10IN3O2S. The van der Waals surface area contributed by atoms with Crippen molar-refractivity contribution in [1.82, 2.24) is 9.97 Å². The van der Waals surface area contributed by atoms with Gasteiger partial charge in [0.05, 0.1) is 15.1 Å². The molecule has 0 bridgehead atoms. The summed E-state index contributed by atoms with van der Waals surface area (Å²) in [7, 11) is -2.84. The molecule has 0 spiro atoms. The third-order valence-electron chi connectivity index (χ3n) is 2.24. The Morgan fingerprint density at radius 1 is 1.53 bits per heavy atom. The van der Waals surface area contributed by atoms with Gasteiger partial charge in [-0.3, -0.25) is 0 Å². The van der Waals surface area contributed by atoms with Crippen LogP contribution in [0.5, 0.6) is 0 Å². The van der Waals surface area contributed by atoms with Crippen LogP contribution in [0.1, 0.15) is 6.42 Å². The first kappa shape index (κ1) is 11.1. The number of nitrogens with one attached hydrogen (secondary N) is 1. The van der Waals surface area contributed by atoms with Crippen LogP contribution < -0.4 is 5.32 Å². The number of rotatable bonds is 2. The summed E-state index contributed by atoms with van der Waals surface area (Å²) in [5.41, 5.74) is 0. The number of sulfone groups is 1. The van der Waals surface area contributed by atoms with E-state index >= 15 is 0 Å². The van der Waals surface area contributed by atoms with Crippen molar-refractivity contribution in [3.05, 3.63) is 16.1 Å². The molecule has 15 heavy (non-hydrogen) atoms. The molecule has 1 atom stereocenters. The number of nitrogens with zero attached hydrogens (tertiary/aromatic N) is 2. The highest BCUT2D eigenvalue weighted by Crippen LogP contribution is 2.19. The first-order valence-corrected chi connectivity index (χ1v) is 7.39. The highest BCUT2D eigenvalue weighted by atomic mass is 127. The summed E-state index contributed by atoms with van der Waals surface area (Å²) in [6, 6.07) is -0.0154. The van der Waals surface area contributed by atoms with Gasteiger partial charge in [-0.15, -0.1) is 0 Å². The van der Waals surface area contributed by atoms with Gasteiger partial charge in [0.2, 0.25) is 0 Å². The molecule has 0 aromatic carbocycles. The van der Waals surface area contributed by atoms with Crippen molar-refractivity contribution in [2.45, 2.75) is 12.5 Å². The van der Waals surface area contributed by atoms with Gasteiger partial charge in [-0.05, 0) is 29.0 Å². The Labute approximate surface area is 102 Å². The van der Waals surface area contributed by atoms with Crippen molar-refractivity contribution in [2.75, 3.05) is 16.8 Å². The van der Waals surface area contributed by atoms with E-state index in [2.05, 4.69) is 37.9 Å². The Hall–Kier alpha value is -0.440. The Morgan fingerprint density at radius 3 is 2.93 bits per heavy atom. The predicted molar refractivity (Wildman–Crippen MR) is 65.4 cm³/mol. The van der Waals surface area contributed by atoms with Gasteiger partial charge in [0.1, 0.15) is 12.1 Å². The van der Waals surface area contributed by atoms with Crippen LogP contribution in [0.25, 0.3) is 0 Å². The SMILES string of the molecule is O=S1(=O)CCC(Nc2ncncc2I)C1. The fourth-order valence-electron chi connectivity index (χ4n) is 1.52. The summed E-state index contributed by atoms with van der Waals surface area (Å²) in [5, 5.41) is 3.13. The zero-order valence-corrected chi connectivity index (χ0v) is 10.8. The van der Waals surface area contributed by atoms with Crippen LogP contribution in [-0.4, -0.2) is 35.9 Å². The fraction of sp³-hybridized carbons (Fsp3) is 0.500. The lowest BCUT2D eigenvalue weighted by molar-refractivity contribution is 0.602. The van der Waals surface area contributed by atoms with Crippen molar-refractivity contribution in [3.63, 3.8) is 0 Å². The van der Waals surface area contributed by atoms with E-state index in [0.29, 0.717) is 12.2 Å². The highest BCUT2D eigenvalue weighted by molar-refractivity contribution is 14.1. The van der Waals surface area contributed by atoms with Gasteiger partial charge in [-0.2, -0.15) is 0 Å². The summed E-state index contributed by atoms with van der Waals surface area (Å²) in [5.74, 6) is 1.19. The van der Waals surface area contributed by atoms with Gasteiger partial charge in [0.15, 0.2) is 9.84 Å². The lowest BCUT2D eigenvalue weighted by Crippen LogP contribution is -2.21. The molecule has 5 nitrogen and oxygen atoms in total. The van der Waals surface area contributed by atoms with E-state index in [0.717, 1.165) is 3.57 Å². The zero-order valence-electron chi connectivity index (χ0n) is 7.85. The Kier molecular flexibility index (Phi) is 3.10. The van der Waals surface area contributed by atoms with Crippen LogP contribution in [0.4, 0.5) is 5.82 Å². The van der Waals surface area contributed by atoms with Gasteiger partial charge in [-0.1, -0.05) is 0 Å². The molecule has 1 aliphatic heterocycles. The van der Waals surface area contributed by atoms with Crippen LogP contribution in [0.3, 0.4) is 0 Å². The van der Waals surface area contributed by atoms with E-state index in [1.54, 1.807) is 6.20 Å². The standard InChI is InChI=1S/C8H10IN3O2S/c9-7-3-10-5-11-8(7)12-6-1-2-15(13,14)4-6/h3,5-6H,1-2,4H2,(H,10,11,12). The van der Waals surface area contributed by atoms with Gasteiger partial charge in [0, 0.05) is 12.2 Å². The monoisotopic (exact) mass is 339 g/mol. The lowest BCUT2D eigenvalue weighted by Gasteiger charge is -2.11. The van der Waals surface area contributed by atoms with Crippen molar-refractivity contribution in [2.24, 2.45) is 0 Å². The van der Waals surface area contributed by atoms with E-state index < -0.39 is 9.84 Å². The summed E-state index contributed by atoms with van der Waals surface area (Å²) in [6.07, 6.45) is 3.80. The molecule has 1 saturated heterocycles. The summed E-state index contributed by atoms with van der Waals surface area (Å²) >= 11 is 2.12. The van der Waals surface area contributed by atoms with Crippen molar-refractivity contribution >= 4 is 38.2 Å². The average molecular weight is 339 g/mol. The quantitative estimate of drug-likeness (QED) is 0.803. The maximum absolute atomic E-state index is 11.2. The summed E-state index contributed by atoms with van der Waals surface area (Å²) in [4.78, 5) is 7.94. The molecule has 82 valence electrons. The second kappa shape index (κ2) is 4.20. The second-order valence-electron chi connectivity index (χ2n) is 3.46. The first-order valence-electron chi connectivity index (χ1n) is 4.49. The number of aromatic nitrogens is 2. The molecule has 1 N–H and O–H groups in total. The maximum atomic E-state index is 11.2. The third-order valence-corrected chi connectivity index (χ3v) is 4.80. The van der Waals surface area contributed by atoms with E-state index in [1.165, 1.54) is 6.33 Å². The van der Waals surface area contributed by atoms with E-state index in [9.17, 15) is 8.42 Å².